The van der Waals surface area contributed by atoms with E-state index in [1.807, 2.05) is 24.3 Å². The third kappa shape index (κ3) is 1.92. The zero-order chi connectivity index (χ0) is 10.2. The van der Waals surface area contributed by atoms with Crippen LogP contribution in [0.2, 0.25) is 5.02 Å². The second kappa shape index (κ2) is 3.54. The molecule has 1 aromatic rings. The van der Waals surface area contributed by atoms with Gasteiger partial charge >= 0.3 is 0 Å². The van der Waals surface area contributed by atoms with Gasteiger partial charge < -0.3 is 4.74 Å². The van der Waals surface area contributed by atoms with E-state index in [0.29, 0.717) is 6.61 Å². The molecule has 2 nitrogen and oxygen atoms in total. The van der Waals surface area contributed by atoms with Crippen LogP contribution in [-0.4, -0.2) is 12.1 Å². The van der Waals surface area contributed by atoms with Gasteiger partial charge in [0.2, 0.25) is 0 Å². The summed E-state index contributed by atoms with van der Waals surface area (Å²) in [4.78, 5) is 0. The minimum absolute atomic E-state index is 0.0316. The molecule has 0 amide bonds. The van der Waals surface area contributed by atoms with Crippen molar-refractivity contribution in [3.05, 3.63) is 34.9 Å². The number of hydrogen-bond acceptors (Lipinski definition) is 2. The van der Waals surface area contributed by atoms with Crippen LogP contribution in [0.15, 0.2) is 24.3 Å². The second-order valence-corrected chi connectivity index (χ2v) is 4.65. The third-order valence-electron chi connectivity index (χ3n) is 2.32. The van der Waals surface area contributed by atoms with Crippen molar-refractivity contribution in [1.82, 2.24) is 5.32 Å². The molecule has 0 spiro atoms. The van der Waals surface area contributed by atoms with Gasteiger partial charge in [0.1, 0.15) is 6.23 Å². The van der Waals surface area contributed by atoms with Crippen LogP contribution in [-0.2, 0) is 4.74 Å². The van der Waals surface area contributed by atoms with Crippen LogP contribution in [0.25, 0.3) is 0 Å². The number of benzene rings is 1. The highest BCUT2D eigenvalue weighted by atomic mass is 35.5. The zero-order valence-electron chi connectivity index (χ0n) is 8.38. The summed E-state index contributed by atoms with van der Waals surface area (Å²) in [6, 6.07) is 7.76. The molecule has 0 radical (unpaired) electrons. The Morgan fingerprint density at radius 1 is 1.43 bits per heavy atom. The van der Waals surface area contributed by atoms with Crippen LogP contribution in [0.1, 0.15) is 25.6 Å². The maximum absolute atomic E-state index is 6.08. The van der Waals surface area contributed by atoms with Gasteiger partial charge in [-0.2, -0.15) is 0 Å². The fourth-order valence-corrected chi connectivity index (χ4v) is 1.82. The summed E-state index contributed by atoms with van der Waals surface area (Å²) in [6.45, 7) is 4.94. The predicted octanol–water partition coefficient (Wildman–Crippen LogP) is 2.74. The molecule has 0 bridgehead atoms. The maximum Gasteiger partial charge on any atom is 0.136 e. The summed E-state index contributed by atoms with van der Waals surface area (Å²) in [5, 5.41) is 4.13. The minimum atomic E-state index is -0.0706. The van der Waals surface area contributed by atoms with Crippen LogP contribution >= 0.6 is 11.6 Å². The van der Waals surface area contributed by atoms with Crippen molar-refractivity contribution < 1.29 is 4.74 Å². The van der Waals surface area contributed by atoms with Crippen LogP contribution in [0, 0.1) is 0 Å². The minimum Gasteiger partial charge on any atom is -0.357 e. The molecular weight excluding hydrogens is 198 g/mol. The first-order valence-corrected chi connectivity index (χ1v) is 5.10. The smallest absolute Gasteiger partial charge is 0.136 e. The quantitative estimate of drug-likeness (QED) is 0.772. The summed E-state index contributed by atoms with van der Waals surface area (Å²) in [6.07, 6.45) is -0.0706. The van der Waals surface area contributed by atoms with Crippen molar-refractivity contribution in [2.24, 2.45) is 0 Å². The highest BCUT2D eigenvalue weighted by Crippen LogP contribution is 2.30. The van der Waals surface area contributed by atoms with Crippen molar-refractivity contribution in [3.63, 3.8) is 0 Å². The molecule has 76 valence electrons. The van der Waals surface area contributed by atoms with Crippen LogP contribution in [0.4, 0.5) is 0 Å². The van der Waals surface area contributed by atoms with Crippen molar-refractivity contribution in [2.45, 2.75) is 25.6 Å². The van der Waals surface area contributed by atoms with E-state index in [0.717, 1.165) is 10.6 Å². The predicted molar refractivity (Wildman–Crippen MR) is 57.4 cm³/mol. The average molecular weight is 212 g/mol. The molecule has 2 rings (SSSR count). The van der Waals surface area contributed by atoms with Gasteiger partial charge in [0.05, 0.1) is 6.61 Å². The zero-order valence-corrected chi connectivity index (χ0v) is 9.14. The Kier molecular flexibility index (Phi) is 2.52. The van der Waals surface area contributed by atoms with Gasteiger partial charge in [-0.05, 0) is 19.9 Å². The molecular formula is C11H14ClNO. The normalized spacial score (nSPS) is 25.2. The van der Waals surface area contributed by atoms with Crippen molar-refractivity contribution in [2.75, 3.05) is 6.61 Å². The summed E-state index contributed by atoms with van der Waals surface area (Å²) in [5.74, 6) is 0. The Balaban J connectivity index is 2.22. The van der Waals surface area contributed by atoms with E-state index in [4.69, 9.17) is 16.3 Å². The van der Waals surface area contributed by atoms with Crippen molar-refractivity contribution in [1.29, 1.82) is 0 Å². The molecule has 1 saturated heterocycles. The third-order valence-corrected chi connectivity index (χ3v) is 2.66. The average Bonchev–Trinajstić information content (AvgIpc) is 2.47. The molecule has 1 aliphatic heterocycles. The number of rotatable bonds is 1. The Morgan fingerprint density at radius 3 is 2.71 bits per heavy atom. The van der Waals surface area contributed by atoms with Crippen LogP contribution in [0.5, 0.6) is 0 Å². The molecule has 0 aromatic heterocycles. The van der Waals surface area contributed by atoms with Gasteiger partial charge in [-0.3, -0.25) is 5.32 Å². The topological polar surface area (TPSA) is 21.3 Å². The first-order chi connectivity index (χ1) is 6.58. The Bertz CT molecular complexity index is 338. The number of hydrogen-bond donors (Lipinski definition) is 1. The summed E-state index contributed by atoms with van der Waals surface area (Å²) in [7, 11) is 0. The lowest BCUT2D eigenvalue weighted by Gasteiger charge is -2.17. The van der Waals surface area contributed by atoms with E-state index < -0.39 is 0 Å². The van der Waals surface area contributed by atoms with E-state index >= 15 is 0 Å². The Hall–Kier alpha value is -0.570. The van der Waals surface area contributed by atoms with E-state index in [-0.39, 0.29) is 11.8 Å². The van der Waals surface area contributed by atoms with Gasteiger partial charge in [-0.1, -0.05) is 29.8 Å². The number of halogens is 1. The second-order valence-electron chi connectivity index (χ2n) is 4.24. The molecule has 0 saturated carbocycles. The van der Waals surface area contributed by atoms with Gasteiger partial charge in [0, 0.05) is 16.1 Å². The summed E-state index contributed by atoms with van der Waals surface area (Å²) < 4.78 is 5.64. The first-order valence-electron chi connectivity index (χ1n) is 4.72. The Labute approximate surface area is 89.2 Å². The highest BCUT2D eigenvalue weighted by molar-refractivity contribution is 6.31. The molecule has 1 aliphatic rings. The first kappa shape index (κ1) is 9.97. The van der Waals surface area contributed by atoms with E-state index in [1.54, 1.807) is 0 Å². The number of ether oxygens (including phenoxy) is 1. The fourth-order valence-electron chi connectivity index (χ4n) is 1.59. The van der Waals surface area contributed by atoms with Gasteiger partial charge in [-0.25, -0.2) is 0 Å². The lowest BCUT2D eigenvalue weighted by Crippen LogP contribution is -2.35. The molecule has 1 atom stereocenters. The lowest BCUT2D eigenvalue weighted by atomic mass is 10.1. The van der Waals surface area contributed by atoms with E-state index in [1.165, 1.54) is 0 Å². The van der Waals surface area contributed by atoms with Crippen LogP contribution in [0.3, 0.4) is 0 Å². The Morgan fingerprint density at radius 2 is 2.14 bits per heavy atom. The SMILES string of the molecule is CC1(C)COC(c2ccccc2Cl)N1. The van der Waals surface area contributed by atoms with Crippen molar-refractivity contribution >= 4 is 11.6 Å². The highest BCUT2D eigenvalue weighted by Gasteiger charge is 2.32. The molecule has 1 aromatic carbocycles. The van der Waals surface area contributed by atoms with Gasteiger partial charge in [-0.15, -0.1) is 0 Å². The molecule has 14 heavy (non-hydrogen) atoms. The molecule has 3 heteroatoms. The van der Waals surface area contributed by atoms with Crippen LogP contribution < -0.4 is 5.32 Å². The standard InChI is InChI=1S/C11H14ClNO/c1-11(2)7-14-10(13-11)8-5-3-4-6-9(8)12/h3-6,10,13H,7H2,1-2H3. The molecule has 0 aliphatic carbocycles. The molecule has 1 N–H and O–H groups in total. The molecule has 1 unspecified atom stereocenters. The van der Waals surface area contributed by atoms with E-state index in [2.05, 4.69) is 19.2 Å². The van der Waals surface area contributed by atoms with Gasteiger partial charge in [0.15, 0.2) is 0 Å². The summed E-state index contributed by atoms with van der Waals surface area (Å²) in [5.41, 5.74) is 1.05. The molecule has 1 fully saturated rings. The monoisotopic (exact) mass is 211 g/mol. The fraction of sp³-hybridized carbons (Fsp3) is 0.455. The van der Waals surface area contributed by atoms with Crippen molar-refractivity contribution in [3.8, 4) is 0 Å². The molecule has 1 heterocycles. The maximum atomic E-state index is 6.08. The summed E-state index contributed by atoms with van der Waals surface area (Å²) >= 11 is 6.08. The van der Waals surface area contributed by atoms with E-state index in [9.17, 15) is 0 Å². The lowest BCUT2D eigenvalue weighted by molar-refractivity contribution is 0.0990. The van der Waals surface area contributed by atoms with Gasteiger partial charge in [0.25, 0.3) is 0 Å². The number of nitrogens with one attached hydrogen (secondary N) is 1. The largest absolute Gasteiger partial charge is 0.357 e.